The van der Waals surface area contributed by atoms with Gasteiger partial charge in [0.2, 0.25) is 5.91 Å². The van der Waals surface area contributed by atoms with Crippen molar-refractivity contribution in [3.8, 4) is 0 Å². The van der Waals surface area contributed by atoms with E-state index in [2.05, 4.69) is 22.6 Å². The van der Waals surface area contributed by atoms with E-state index in [1.807, 2.05) is 12.1 Å². The summed E-state index contributed by atoms with van der Waals surface area (Å²) >= 11 is 12.2. The summed E-state index contributed by atoms with van der Waals surface area (Å²) in [7, 11) is 0. The molecule has 4 nitrogen and oxygen atoms in total. The van der Waals surface area contributed by atoms with Gasteiger partial charge in [0.1, 0.15) is 0 Å². The van der Waals surface area contributed by atoms with Crippen molar-refractivity contribution in [2.75, 3.05) is 6.54 Å². The zero-order valence-electron chi connectivity index (χ0n) is 16.3. The normalized spacial score (nSPS) is 20.2. The number of carbonyl (C=O) groups excluding carboxylic acids is 1. The van der Waals surface area contributed by atoms with E-state index >= 15 is 0 Å². The first-order valence-corrected chi connectivity index (χ1v) is 11.1. The van der Waals surface area contributed by atoms with Gasteiger partial charge in [-0.2, -0.15) is 5.10 Å². The van der Waals surface area contributed by atoms with E-state index in [0.29, 0.717) is 28.9 Å². The first-order chi connectivity index (χ1) is 13.5. The molecule has 28 heavy (non-hydrogen) atoms. The molecule has 150 valence electrons. The third-order valence-electron chi connectivity index (χ3n) is 6.02. The summed E-state index contributed by atoms with van der Waals surface area (Å²) in [6.07, 6.45) is 8.06. The van der Waals surface area contributed by atoms with Gasteiger partial charge < -0.3 is 4.90 Å². The lowest BCUT2D eigenvalue weighted by molar-refractivity contribution is -0.135. The second-order valence-electron chi connectivity index (χ2n) is 8.12. The number of piperidine rings is 1. The highest BCUT2D eigenvalue weighted by molar-refractivity contribution is 6.34. The van der Waals surface area contributed by atoms with Crippen LogP contribution in [0.25, 0.3) is 0 Å². The SMILES string of the molecule is Cc1cc(C2CCCCN2C(=O)CCc2cc(Cl)cc(Cl)c2)n(C2CCC2)n1. The van der Waals surface area contributed by atoms with E-state index in [1.165, 1.54) is 25.0 Å². The lowest BCUT2D eigenvalue weighted by Gasteiger charge is -2.38. The Hall–Kier alpha value is -1.52. The minimum atomic E-state index is 0.144. The average Bonchev–Trinajstić information content (AvgIpc) is 2.98. The number of nitrogens with zero attached hydrogens (tertiary/aromatic N) is 3. The fourth-order valence-corrected chi connectivity index (χ4v) is 4.97. The van der Waals surface area contributed by atoms with Crippen molar-refractivity contribution < 1.29 is 4.79 Å². The van der Waals surface area contributed by atoms with Crippen molar-refractivity contribution in [3.63, 3.8) is 0 Å². The fraction of sp³-hybridized carbons (Fsp3) is 0.545. The third kappa shape index (κ3) is 4.23. The molecule has 1 aromatic heterocycles. The Bertz CT molecular complexity index is 839. The number of aromatic nitrogens is 2. The molecule has 1 aliphatic heterocycles. The van der Waals surface area contributed by atoms with Gasteiger partial charge >= 0.3 is 0 Å². The number of hydrogen-bond acceptors (Lipinski definition) is 2. The number of rotatable bonds is 5. The van der Waals surface area contributed by atoms with Crippen molar-refractivity contribution in [2.45, 2.75) is 70.4 Å². The fourth-order valence-electron chi connectivity index (χ4n) is 4.40. The molecule has 4 rings (SSSR count). The van der Waals surface area contributed by atoms with Gasteiger partial charge in [-0.1, -0.05) is 23.2 Å². The van der Waals surface area contributed by atoms with E-state index in [1.54, 1.807) is 6.07 Å². The maximum atomic E-state index is 13.1. The number of amides is 1. The molecule has 2 fully saturated rings. The molecule has 1 amide bonds. The van der Waals surface area contributed by atoms with E-state index < -0.39 is 0 Å². The summed E-state index contributed by atoms with van der Waals surface area (Å²) in [5.41, 5.74) is 3.28. The van der Waals surface area contributed by atoms with Crippen LogP contribution in [0.3, 0.4) is 0 Å². The summed E-state index contributed by atoms with van der Waals surface area (Å²) in [4.78, 5) is 15.2. The van der Waals surface area contributed by atoms with Crippen molar-refractivity contribution >= 4 is 29.1 Å². The summed E-state index contributed by atoms with van der Waals surface area (Å²) in [6.45, 7) is 2.88. The third-order valence-corrected chi connectivity index (χ3v) is 6.46. The van der Waals surface area contributed by atoms with Crippen LogP contribution >= 0.6 is 23.2 Å². The Morgan fingerprint density at radius 1 is 1.07 bits per heavy atom. The molecule has 1 saturated carbocycles. The van der Waals surface area contributed by atoms with Crippen LogP contribution in [0.5, 0.6) is 0 Å². The van der Waals surface area contributed by atoms with Gasteiger partial charge in [0.05, 0.1) is 23.5 Å². The predicted octanol–water partition coefficient (Wildman–Crippen LogP) is 5.91. The summed E-state index contributed by atoms with van der Waals surface area (Å²) in [6, 6.07) is 8.35. The number of halogens is 2. The van der Waals surface area contributed by atoms with Crippen LogP contribution in [0.4, 0.5) is 0 Å². The Morgan fingerprint density at radius 2 is 1.82 bits per heavy atom. The molecule has 1 aromatic carbocycles. The molecule has 1 atom stereocenters. The van der Waals surface area contributed by atoms with Crippen LogP contribution in [-0.2, 0) is 11.2 Å². The Kier molecular flexibility index (Phi) is 5.98. The molecule has 0 spiro atoms. The zero-order chi connectivity index (χ0) is 19.7. The van der Waals surface area contributed by atoms with Gasteiger partial charge in [-0.05, 0) is 81.7 Å². The second-order valence-corrected chi connectivity index (χ2v) is 8.99. The van der Waals surface area contributed by atoms with Gasteiger partial charge in [0, 0.05) is 23.0 Å². The average molecular weight is 420 g/mol. The summed E-state index contributed by atoms with van der Waals surface area (Å²) in [5.74, 6) is 0.208. The Balaban J connectivity index is 1.50. The maximum absolute atomic E-state index is 13.1. The second kappa shape index (κ2) is 8.46. The molecule has 1 saturated heterocycles. The van der Waals surface area contributed by atoms with Crippen LogP contribution < -0.4 is 0 Å². The lowest BCUT2D eigenvalue weighted by atomic mass is 9.91. The van der Waals surface area contributed by atoms with E-state index in [-0.39, 0.29) is 11.9 Å². The zero-order valence-corrected chi connectivity index (χ0v) is 17.8. The largest absolute Gasteiger partial charge is 0.334 e. The summed E-state index contributed by atoms with van der Waals surface area (Å²) in [5, 5.41) is 6.00. The van der Waals surface area contributed by atoms with Crippen LogP contribution in [0.15, 0.2) is 24.3 Å². The number of likely N-dealkylation sites (tertiary alicyclic amines) is 1. The molecule has 0 N–H and O–H groups in total. The topological polar surface area (TPSA) is 38.1 Å². The molecule has 6 heteroatoms. The van der Waals surface area contributed by atoms with Crippen molar-refractivity contribution in [2.24, 2.45) is 0 Å². The van der Waals surface area contributed by atoms with Crippen LogP contribution in [0.1, 0.15) is 74.0 Å². The van der Waals surface area contributed by atoms with E-state index in [0.717, 1.165) is 37.1 Å². The van der Waals surface area contributed by atoms with E-state index in [4.69, 9.17) is 28.3 Å². The van der Waals surface area contributed by atoms with Gasteiger partial charge in [-0.15, -0.1) is 0 Å². The molecule has 0 radical (unpaired) electrons. The first-order valence-electron chi connectivity index (χ1n) is 10.3. The minimum Gasteiger partial charge on any atom is -0.334 e. The molecule has 2 aliphatic rings. The number of benzene rings is 1. The van der Waals surface area contributed by atoms with Crippen LogP contribution in [-0.4, -0.2) is 27.1 Å². The number of carbonyl (C=O) groups is 1. The Morgan fingerprint density at radius 3 is 2.50 bits per heavy atom. The summed E-state index contributed by atoms with van der Waals surface area (Å²) < 4.78 is 2.21. The molecule has 1 unspecified atom stereocenters. The van der Waals surface area contributed by atoms with E-state index in [9.17, 15) is 4.79 Å². The standard InChI is InChI=1S/C22H27Cl2N3O/c1-15-11-21(27(25-15)19-5-4-6-19)20-7-2-3-10-26(20)22(28)9-8-16-12-17(23)14-18(24)13-16/h11-14,19-20H,2-10H2,1H3. The quantitative estimate of drug-likeness (QED) is 0.603. The Labute approximate surface area is 176 Å². The van der Waals surface area contributed by atoms with Crippen molar-refractivity contribution in [3.05, 3.63) is 51.3 Å². The number of hydrogen-bond donors (Lipinski definition) is 0. The monoisotopic (exact) mass is 419 g/mol. The molecule has 2 heterocycles. The number of aryl methyl sites for hydroxylation is 2. The molecule has 2 aromatic rings. The molecule has 1 aliphatic carbocycles. The molecule has 0 bridgehead atoms. The lowest BCUT2D eigenvalue weighted by Crippen LogP contribution is -2.40. The van der Waals surface area contributed by atoms with Gasteiger partial charge in [-0.3, -0.25) is 9.48 Å². The van der Waals surface area contributed by atoms with Gasteiger partial charge in [-0.25, -0.2) is 0 Å². The van der Waals surface area contributed by atoms with Crippen molar-refractivity contribution in [1.82, 2.24) is 14.7 Å². The van der Waals surface area contributed by atoms with Gasteiger partial charge in [0.25, 0.3) is 0 Å². The highest BCUT2D eigenvalue weighted by Gasteiger charge is 2.33. The highest BCUT2D eigenvalue weighted by Crippen LogP contribution is 2.38. The first kappa shape index (κ1) is 19.8. The molecular weight excluding hydrogens is 393 g/mol. The smallest absolute Gasteiger partial charge is 0.223 e. The maximum Gasteiger partial charge on any atom is 0.223 e. The predicted molar refractivity (Wildman–Crippen MR) is 113 cm³/mol. The highest BCUT2D eigenvalue weighted by atomic mass is 35.5. The molecular formula is C22H27Cl2N3O. The van der Waals surface area contributed by atoms with Crippen LogP contribution in [0, 0.1) is 6.92 Å². The van der Waals surface area contributed by atoms with Gasteiger partial charge in [0.15, 0.2) is 0 Å². The van der Waals surface area contributed by atoms with Crippen LogP contribution in [0.2, 0.25) is 10.0 Å². The van der Waals surface area contributed by atoms with Crippen molar-refractivity contribution in [1.29, 1.82) is 0 Å². The minimum absolute atomic E-state index is 0.144.